The molecule has 4 rings (SSSR count). The Bertz CT molecular complexity index is 1030. The summed E-state index contributed by atoms with van der Waals surface area (Å²) in [6, 6.07) is 7.26. The fraction of sp³-hybridized carbons (Fsp3) is 0.478. The van der Waals surface area contributed by atoms with Gasteiger partial charge in [-0.25, -0.2) is 14.2 Å². The Kier molecular flexibility index (Phi) is 5.43. The van der Waals surface area contributed by atoms with Crippen LogP contribution in [-0.2, 0) is 11.7 Å². The molecule has 0 atom stereocenters. The average molecular weight is 450 g/mol. The predicted octanol–water partition coefficient (Wildman–Crippen LogP) is 4.85. The van der Waals surface area contributed by atoms with E-state index < -0.39 is 17.4 Å². The first-order valence-corrected chi connectivity index (χ1v) is 10.5. The number of urea groups is 1. The number of hydrogen-bond acceptors (Lipinski definition) is 3. The number of aryl methyl sites for hydroxylation is 1. The van der Waals surface area contributed by atoms with Gasteiger partial charge in [-0.1, -0.05) is 12.1 Å². The SMILES string of the molecule is Cc1cc(C(F)(F)F)ncc1N1CC2(CCC(c3cccc(F)c3)(N(C)C)CC2)NC1=O. The zero-order valence-corrected chi connectivity index (χ0v) is 18.3. The van der Waals surface area contributed by atoms with E-state index in [0.29, 0.717) is 43.5 Å². The number of halogens is 4. The lowest BCUT2D eigenvalue weighted by Gasteiger charge is -2.48. The molecular weight excluding hydrogens is 424 g/mol. The highest BCUT2D eigenvalue weighted by atomic mass is 19.4. The molecule has 1 saturated carbocycles. The molecule has 2 aromatic rings. The van der Waals surface area contributed by atoms with Crippen LogP contribution in [0.3, 0.4) is 0 Å². The first-order chi connectivity index (χ1) is 15.0. The molecule has 2 amide bonds. The van der Waals surface area contributed by atoms with Crippen LogP contribution in [0.15, 0.2) is 36.5 Å². The molecule has 2 aliphatic rings. The van der Waals surface area contributed by atoms with Crippen molar-refractivity contribution >= 4 is 11.7 Å². The van der Waals surface area contributed by atoms with Crippen molar-refractivity contribution in [2.75, 3.05) is 25.5 Å². The van der Waals surface area contributed by atoms with Gasteiger partial charge >= 0.3 is 12.2 Å². The van der Waals surface area contributed by atoms with E-state index in [1.54, 1.807) is 19.1 Å². The molecule has 1 spiro atoms. The molecule has 5 nitrogen and oxygen atoms in total. The van der Waals surface area contributed by atoms with Crippen molar-refractivity contribution in [2.24, 2.45) is 0 Å². The number of hydrogen-bond donors (Lipinski definition) is 1. The number of alkyl halides is 3. The van der Waals surface area contributed by atoms with Crippen molar-refractivity contribution in [3.05, 3.63) is 59.2 Å². The molecule has 0 bridgehead atoms. The molecule has 172 valence electrons. The highest BCUT2D eigenvalue weighted by molar-refractivity contribution is 5.96. The van der Waals surface area contributed by atoms with Crippen molar-refractivity contribution in [1.29, 1.82) is 0 Å². The van der Waals surface area contributed by atoms with Crippen molar-refractivity contribution in [3.8, 4) is 0 Å². The summed E-state index contributed by atoms with van der Waals surface area (Å²) in [7, 11) is 3.94. The number of anilines is 1. The van der Waals surface area contributed by atoms with Gasteiger partial charge in [0, 0.05) is 5.54 Å². The number of nitrogens with one attached hydrogen (secondary N) is 1. The van der Waals surface area contributed by atoms with E-state index in [1.165, 1.54) is 11.0 Å². The second kappa shape index (κ2) is 7.72. The summed E-state index contributed by atoms with van der Waals surface area (Å²) in [6.07, 6.45) is -0.665. The Balaban J connectivity index is 1.56. The van der Waals surface area contributed by atoms with Crippen molar-refractivity contribution in [1.82, 2.24) is 15.2 Å². The van der Waals surface area contributed by atoms with Crippen LogP contribution in [0.25, 0.3) is 0 Å². The largest absolute Gasteiger partial charge is 0.433 e. The van der Waals surface area contributed by atoms with Crippen LogP contribution in [0.4, 0.5) is 28.0 Å². The average Bonchev–Trinajstić information content (AvgIpc) is 3.03. The summed E-state index contributed by atoms with van der Waals surface area (Å²) >= 11 is 0. The van der Waals surface area contributed by atoms with Gasteiger partial charge in [0.15, 0.2) is 0 Å². The van der Waals surface area contributed by atoms with Crippen LogP contribution in [0.5, 0.6) is 0 Å². The first-order valence-electron chi connectivity index (χ1n) is 10.5. The van der Waals surface area contributed by atoms with E-state index in [-0.39, 0.29) is 17.4 Å². The lowest BCUT2D eigenvalue weighted by molar-refractivity contribution is -0.141. The smallest absolute Gasteiger partial charge is 0.330 e. The van der Waals surface area contributed by atoms with Crippen molar-refractivity contribution < 1.29 is 22.4 Å². The molecule has 0 unspecified atom stereocenters. The quantitative estimate of drug-likeness (QED) is 0.681. The molecule has 2 fully saturated rings. The summed E-state index contributed by atoms with van der Waals surface area (Å²) in [5.74, 6) is -0.283. The highest BCUT2D eigenvalue weighted by Crippen LogP contribution is 2.46. The van der Waals surface area contributed by atoms with Gasteiger partial charge in [0.05, 0.1) is 24.0 Å². The summed E-state index contributed by atoms with van der Waals surface area (Å²) in [4.78, 5) is 19.9. The summed E-state index contributed by atoms with van der Waals surface area (Å²) in [5, 5.41) is 3.07. The minimum absolute atomic E-state index is 0.283. The topological polar surface area (TPSA) is 48.5 Å². The number of amides is 2. The van der Waals surface area contributed by atoms with E-state index in [1.807, 2.05) is 20.2 Å². The minimum Gasteiger partial charge on any atom is -0.330 e. The molecule has 1 N–H and O–H groups in total. The number of carbonyl (C=O) groups excluding carboxylic acids is 1. The monoisotopic (exact) mass is 450 g/mol. The van der Waals surface area contributed by atoms with E-state index in [9.17, 15) is 22.4 Å². The second-order valence-corrected chi connectivity index (χ2v) is 9.09. The molecule has 1 aliphatic heterocycles. The van der Waals surface area contributed by atoms with Gasteiger partial charge in [-0.2, -0.15) is 13.2 Å². The Morgan fingerprint density at radius 1 is 1.12 bits per heavy atom. The molecule has 9 heteroatoms. The number of aromatic nitrogens is 1. The van der Waals surface area contributed by atoms with E-state index in [2.05, 4.69) is 15.2 Å². The third-order valence-corrected chi connectivity index (χ3v) is 6.99. The lowest BCUT2D eigenvalue weighted by Crippen LogP contribution is -2.54. The van der Waals surface area contributed by atoms with Crippen molar-refractivity contribution in [3.63, 3.8) is 0 Å². The summed E-state index contributed by atoms with van der Waals surface area (Å²) < 4.78 is 52.8. The number of carbonyl (C=O) groups is 1. The molecule has 1 aliphatic carbocycles. The standard InChI is InChI=1S/C23H26F4N4O/c1-15-11-19(23(25,26)27)28-13-18(15)31-14-21(29-20(31)32)7-9-22(10-8-21,30(2)3)16-5-4-6-17(24)12-16/h4-6,11-13H,7-10,14H2,1-3H3,(H,29,32). The maximum Gasteiger partial charge on any atom is 0.433 e. The molecule has 0 radical (unpaired) electrons. The third kappa shape index (κ3) is 3.83. The van der Waals surface area contributed by atoms with Crippen LogP contribution in [0.1, 0.15) is 42.5 Å². The molecule has 1 aromatic carbocycles. The summed E-state index contributed by atoms with van der Waals surface area (Å²) in [5.41, 5.74) is -0.186. The maximum atomic E-state index is 13.9. The van der Waals surface area contributed by atoms with Gasteiger partial charge in [-0.3, -0.25) is 9.80 Å². The van der Waals surface area contributed by atoms with E-state index >= 15 is 0 Å². The van der Waals surface area contributed by atoms with Gasteiger partial charge in [0.1, 0.15) is 11.5 Å². The fourth-order valence-electron chi connectivity index (χ4n) is 5.09. The Hall–Kier alpha value is -2.68. The number of nitrogens with zero attached hydrogens (tertiary/aromatic N) is 3. The molecular formula is C23H26F4N4O. The minimum atomic E-state index is -4.53. The Morgan fingerprint density at radius 3 is 2.38 bits per heavy atom. The van der Waals surface area contributed by atoms with Gasteiger partial charge in [-0.05, 0) is 76.0 Å². The van der Waals surface area contributed by atoms with E-state index in [0.717, 1.165) is 17.8 Å². The number of benzene rings is 1. The normalized spacial score (nSPS) is 26.1. The summed E-state index contributed by atoms with van der Waals surface area (Å²) in [6.45, 7) is 1.90. The van der Waals surface area contributed by atoms with Crippen LogP contribution >= 0.6 is 0 Å². The van der Waals surface area contributed by atoms with Gasteiger partial charge < -0.3 is 5.32 Å². The Labute approximate surface area is 184 Å². The number of rotatable bonds is 3. The molecule has 2 heterocycles. The predicted molar refractivity (Wildman–Crippen MR) is 113 cm³/mol. The van der Waals surface area contributed by atoms with Gasteiger partial charge in [0.2, 0.25) is 0 Å². The highest BCUT2D eigenvalue weighted by Gasteiger charge is 2.50. The van der Waals surface area contributed by atoms with Crippen LogP contribution in [0, 0.1) is 12.7 Å². The molecule has 32 heavy (non-hydrogen) atoms. The maximum absolute atomic E-state index is 13.9. The van der Waals surface area contributed by atoms with E-state index in [4.69, 9.17) is 0 Å². The zero-order chi connectivity index (χ0) is 23.3. The van der Waals surface area contributed by atoms with Crippen LogP contribution < -0.4 is 10.2 Å². The first kappa shape index (κ1) is 22.5. The van der Waals surface area contributed by atoms with Gasteiger partial charge in [-0.15, -0.1) is 0 Å². The third-order valence-electron chi connectivity index (χ3n) is 6.99. The second-order valence-electron chi connectivity index (χ2n) is 9.09. The molecule has 1 aromatic heterocycles. The van der Waals surface area contributed by atoms with Crippen LogP contribution in [0.2, 0.25) is 0 Å². The fourth-order valence-corrected chi connectivity index (χ4v) is 5.09. The van der Waals surface area contributed by atoms with Crippen molar-refractivity contribution in [2.45, 2.75) is 49.9 Å². The number of pyridine rings is 1. The lowest BCUT2D eigenvalue weighted by atomic mass is 9.69. The zero-order valence-electron chi connectivity index (χ0n) is 18.3. The Morgan fingerprint density at radius 2 is 1.81 bits per heavy atom. The van der Waals surface area contributed by atoms with Gasteiger partial charge in [0.25, 0.3) is 0 Å². The molecule has 1 saturated heterocycles. The van der Waals surface area contributed by atoms with Crippen LogP contribution in [-0.4, -0.2) is 42.1 Å².